The van der Waals surface area contributed by atoms with Gasteiger partial charge >= 0.3 is 11.8 Å². The van der Waals surface area contributed by atoms with Crippen LogP contribution in [0.3, 0.4) is 0 Å². The predicted octanol–water partition coefficient (Wildman–Crippen LogP) is -1.09. The van der Waals surface area contributed by atoms with Crippen molar-refractivity contribution >= 4 is 11.8 Å². The van der Waals surface area contributed by atoms with Crippen LogP contribution in [0.15, 0.2) is 0 Å². The SMILES string of the molecule is COCCN1CCC(CNC(=O)C(=O)NCCN2CCOCC2)CC1. The number of amides is 2. The van der Waals surface area contributed by atoms with E-state index in [4.69, 9.17) is 9.47 Å². The van der Waals surface area contributed by atoms with Crippen LogP contribution in [0.25, 0.3) is 0 Å². The Morgan fingerprint density at radius 1 is 1.00 bits per heavy atom. The highest BCUT2D eigenvalue weighted by atomic mass is 16.5. The molecule has 0 unspecified atom stereocenters. The number of hydrogen-bond donors (Lipinski definition) is 2. The van der Waals surface area contributed by atoms with Gasteiger partial charge in [-0.3, -0.25) is 14.5 Å². The summed E-state index contributed by atoms with van der Waals surface area (Å²) in [6, 6.07) is 0. The van der Waals surface area contributed by atoms with Crippen molar-refractivity contribution in [1.82, 2.24) is 20.4 Å². The smallest absolute Gasteiger partial charge is 0.309 e. The van der Waals surface area contributed by atoms with Crippen LogP contribution in [-0.2, 0) is 19.1 Å². The van der Waals surface area contributed by atoms with Gasteiger partial charge in [0.15, 0.2) is 0 Å². The first-order chi connectivity index (χ1) is 12.2. The number of likely N-dealkylation sites (tertiary alicyclic amines) is 1. The van der Waals surface area contributed by atoms with Crippen molar-refractivity contribution in [2.24, 2.45) is 5.92 Å². The van der Waals surface area contributed by atoms with Gasteiger partial charge in [-0.05, 0) is 31.8 Å². The van der Waals surface area contributed by atoms with Gasteiger partial charge in [0.05, 0.1) is 19.8 Å². The molecule has 144 valence electrons. The van der Waals surface area contributed by atoms with Gasteiger partial charge in [0.1, 0.15) is 0 Å². The molecule has 0 aromatic rings. The lowest BCUT2D eigenvalue weighted by molar-refractivity contribution is -0.139. The Labute approximate surface area is 150 Å². The molecule has 2 N–H and O–H groups in total. The Kier molecular flexibility index (Phi) is 9.17. The Morgan fingerprint density at radius 3 is 2.32 bits per heavy atom. The van der Waals surface area contributed by atoms with E-state index in [2.05, 4.69) is 20.4 Å². The standard InChI is InChI=1S/C17H32N4O4/c1-24-11-8-20-5-2-15(3-6-20)14-19-17(23)16(22)18-4-7-21-9-12-25-13-10-21/h15H,2-14H2,1H3,(H,18,22)(H,19,23). The highest BCUT2D eigenvalue weighted by molar-refractivity contribution is 6.35. The number of piperidine rings is 1. The maximum atomic E-state index is 11.9. The normalized spacial score (nSPS) is 20.4. The minimum atomic E-state index is -0.536. The second-order valence-electron chi connectivity index (χ2n) is 6.70. The second kappa shape index (κ2) is 11.4. The summed E-state index contributed by atoms with van der Waals surface area (Å²) in [4.78, 5) is 28.3. The van der Waals surface area contributed by atoms with Crippen LogP contribution in [-0.4, -0.2) is 101 Å². The highest BCUT2D eigenvalue weighted by Gasteiger charge is 2.21. The summed E-state index contributed by atoms with van der Waals surface area (Å²) in [7, 11) is 1.72. The van der Waals surface area contributed by atoms with Crippen LogP contribution in [0.4, 0.5) is 0 Å². The third kappa shape index (κ3) is 7.68. The Hall–Kier alpha value is -1.22. The molecule has 2 fully saturated rings. The van der Waals surface area contributed by atoms with Gasteiger partial charge < -0.3 is 25.0 Å². The van der Waals surface area contributed by atoms with Gasteiger partial charge in [0.2, 0.25) is 0 Å². The summed E-state index contributed by atoms with van der Waals surface area (Å²) >= 11 is 0. The van der Waals surface area contributed by atoms with Crippen molar-refractivity contribution in [3.8, 4) is 0 Å². The predicted molar refractivity (Wildman–Crippen MR) is 94.3 cm³/mol. The van der Waals surface area contributed by atoms with Crippen LogP contribution >= 0.6 is 0 Å². The molecule has 2 aliphatic rings. The molecule has 8 nitrogen and oxygen atoms in total. The van der Waals surface area contributed by atoms with E-state index in [9.17, 15) is 9.59 Å². The number of rotatable bonds is 8. The number of methoxy groups -OCH3 is 1. The van der Waals surface area contributed by atoms with Crippen LogP contribution in [0.1, 0.15) is 12.8 Å². The van der Waals surface area contributed by atoms with Gasteiger partial charge in [0.25, 0.3) is 0 Å². The summed E-state index contributed by atoms with van der Waals surface area (Å²) in [6.45, 7) is 8.81. The molecular formula is C17H32N4O4. The van der Waals surface area contributed by atoms with E-state index in [1.807, 2.05) is 0 Å². The van der Waals surface area contributed by atoms with Gasteiger partial charge in [-0.15, -0.1) is 0 Å². The van der Waals surface area contributed by atoms with E-state index in [1.165, 1.54) is 0 Å². The Balaban J connectivity index is 1.53. The first kappa shape index (κ1) is 20.1. The molecule has 0 spiro atoms. The Morgan fingerprint density at radius 2 is 1.64 bits per heavy atom. The zero-order valence-corrected chi connectivity index (χ0v) is 15.3. The van der Waals surface area contributed by atoms with Gasteiger partial charge in [-0.25, -0.2) is 0 Å². The van der Waals surface area contributed by atoms with Crippen molar-refractivity contribution in [2.45, 2.75) is 12.8 Å². The molecule has 0 saturated carbocycles. The van der Waals surface area contributed by atoms with Crippen molar-refractivity contribution < 1.29 is 19.1 Å². The van der Waals surface area contributed by atoms with E-state index in [0.29, 0.717) is 19.0 Å². The van der Waals surface area contributed by atoms with E-state index in [1.54, 1.807) is 7.11 Å². The average Bonchev–Trinajstić information content (AvgIpc) is 2.66. The van der Waals surface area contributed by atoms with Crippen LogP contribution in [0, 0.1) is 5.92 Å². The molecule has 8 heteroatoms. The number of morpholine rings is 1. The summed E-state index contributed by atoms with van der Waals surface area (Å²) in [5, 5.41) is 5.46. The molecule has 2 rings (SSSR count). The average molecular weight is 356 g/mol. The second-order valence-corrected chi connectivity index (χ2v) is 6.70. The zero-order valence-electron chi connectivity index (χ0n) is 15.3. The lowest BCUT2D eigenvalue weighted by Gasteiger charge is -2.31. The first-order valence-electron chi connectivity index (χ1n) is 9.26. The highest BCUT2D eigenvalue weighted by Crippen LogP contribution is 2.15. The molecule has 2 aliphatic heterocycles. The molecule has 2 amide bonds. The summed E-state index contributed by atoms with van der Waals surface area (Å²) < 4.78 is 10.4. The molecule has 0 atom stereocenters. The van der Waals surface area contributed by atoms with E-state index in [-0.39, 0.29) is 0 Å². The topological polar surface area (TPSA) is 83.1 Å². The molecule has 2 saturated heterocycles. The number of ether oxygens (including phenoxy) is 2. The lowest BCUT2D eigenvalue weighted by atomic mass is 9.97. The molecule has 0 bridgehead atoms. The quantitative estimate of drug-likeness (QED) is 0.538. The maximum absolute atomic E-state index is 11.9. The van der Waals surface area contributed by atoms with Crippen LogP contribution < -0.4 is 10.6 Å². The van der Waals surface area contributed by atoms with Gasteiger partial charge in [0, 0.05) is 46.4 Å². The minimum Gasteiger partial charge on any atom is -0.383 e. The Bertz CT molecular complexity index is 407. The largest absolute Gasteiger partial charge is 0.383 e. The van der Waals surface area contributed by atoms with Crippen molar-refractivity contribution in [1.29, 1.82) is 0 Å². The molecule has 25 heavy (non-hydrogen) atoms. The molecule has 2 heterocycles. The van der Waals surface area contributed by atoms with E-state index >= 15 is 0 Å². The summed E-state index contributed by atoms with van der Waals surface area (Å²) in [6.07, 6.45) is 2.09. The van der Waals surface area contributed by atoms with Crippen LogP contribution in [0.2, 0.25) is 0 Å². The maximum Gasteiger partial charge on any atom is 0.309 e. The first-order valence-corrected chi connectivity index (χ1v) is 9.26. The number of nitrogens with one attached hydrogen (secondary N) is 2. The monoisotopic (exact) mass is 356 g/mol. The lowest BCUT2D eigenvalue weighted by Crippen LogP contribution is -2.46. The van der Waals surface area contributed by atoms with Crippen molar-refractivity contribution in [3.05, 3.63) is 0 Å². The molecular weight excluding hydrogens is 324 g/mol. The summed E-state index contributed by atoms with van der Waals surface area (Å²) in [5.41, 5.74) is 0. The van der Waals surface area contributed by atoms with E-state index < -0.39 is 11.8 Å². The third-order valence-electron chi connectivity index (χ3n) is 4.89. The fourth-order valence-corrected chi connectivity index (χ4v) is 3.18. The fraction of sp³-hybridized carbons (Fsp3) is 0.882. The van der Waals surface area contributed by atoms with Gasteiger partial charge in [-0.2, -0.15) is 0 Å². The molecule has 0 aromatic heterocycles. The van der Waals surface area contributed by atoms with Crippen molar-refractivity contribution in [2.75, 3.05) is 79.3 Å². The molecule has 0 aliphatic carbocycles. The zero-order chi connectivity index (χ0) is 17.9. The minimum absolute atomic E-state index is 0.448. The number of carbonyl (C=O) groups excluding carboxylic acids is 2. The number of hydrogen-bond acceptors (Lipinski definition) is 6. The molecule has 0 radical (unpaired) electrons. The number of carbonyl (C=O) groups is 2. The number of nitrogens with zero attached hydrogens (tertiary/aromatic N) is 2. The third-order valence-corrected chi connectivity index (χ3v) is 4.89. The van der Waals surface area contributed by atoms with E-state index in [0.717, 1.165) is 71.9 Å². The van der Waals surface area contributed by atoms with Gasteiger partial charge in [-0.1, -0.05) is 0 Å². The van der Waals surface area contributed by atoms with Crippen LogP contribution in [0.5, 0.6) is 0 Å². The molecule has 0 aromatic carbocycles. The van der Waals surface area contributed by atoms with Crippen molar-refractivity contribution in [3.63, 3.8) is 0 Å². The summed E-state index contributed by atoms with van der Waals surface area (Å²) in [5.74, 6) is -0.613. The fourth-order valence-electron chi connectivity index (χ4n) is 3.18.